The van der Waals surface area contributed by atoms with Crippen molar-refractivity contribution in [3.05, 3.63) is 12.7 Å². The Bertz CT molecular complexity index is 73.7. The van der Waals surface area contributed by atoms with E-state index in [9.17, 15) is 0 Å². The van der Waals surface area contributed by atoms with Gasteiger partial charge in [0.1, 0.15) is 0 Å². The summed E-state index contributed by atoms with van der Waals surface area (Å²) < 4.78 is 4.94. The van der Waals surface area contributed by atoms with Crippen LogP contribution in [0.3, 0.4) is 0 Å². The third kappa shape index (κ3) is 8.13. The molecule has 0 bridgehead atoms. The van der Waals surface area contributed by atoms with Gasteiger partial charge in [0.2, 0.25) is 0 Å². The van der Waals surface area contributed by atoms with E-state index in [1.807, 2.05) is 6.08 Å². The van der Waals surface area contributed by atoms with Gasteiger partial charge in [-0.25, -0.2) is 0 Å². The van der Waals surface area contributed by atoms with Crippen molar-refractivity contribution in [3.8, 4) is 0 Å². The van der Waals surface area contributed by atoms with Gasteiger partial charge in [-0.15, -0.1) is 15.2 Å². The smallest absolute Gasteiger partial charge is 0.0499 e. The summed E-state index contributed by atoms with van der Waals surface area (Å²) in [5.74, 6) is 0. The largest absolute Gasteiger partial charge is 0.384 e. The van der Waals surface area contributed by atoms with Crippen LogP contribution in [0, 0.1) is 0 Å². The third-order valence-electron chi connectivity index (χ3n) is 1.24. The second-order valence-electron chi connectivity index (χ2n) is 2.17. The third-order valence-corrected chi connectivity index (χ3v) is 2.51. The van der Waals surface area contributed by atoms with Crippen LogP contribution in [-0.2, 0) is 4.74 Å². The van der Waals surface area contributed by atoms with E-state index in [0.717, 1.165) is 15.2 Å². The lowest BCUT2D eigenvalue weighted by Gasteiger charge is -1.98. The predicted octanol–water partition coefficient (Wildman–Crippen LogP) is 2.28. The Morgan fingerprint density at radius 1 is 1.50 bits per heavy atom. The van der Waals surface area contributed by atoms with Crippen LogP contribution in [-0.4, -0.2) is 26.0 Å². The number of unbranched alkanes of at least 4 members (excludes halogenated alkanes) is 1. The van der Waals surface area contributed by atoms with Crippen LogP contribution in [0.25, 0.3) is 0 Å². The minimum absolute atomic E-state index is 0.923. The molecule has 1 atom stereocenters. The van der Waals surface area contributed by atoms with E-state index >= 15 is 0 Å². The lowest BCUT2D eigenvalue weighted by Crippen LogP contribution is -1.90. The first kappa shape index (κ1) is 10.1. The molecule has 2 heteroatoms. The van der Waals surface area contributed by atoms with Crippen LogP contribution in [0.1, 0.15) is 12.8 Å². The number of methoxy groups -OCH3 is 1. The highest BCUT2D eigenvalue weighted by atomic mass is 31.1. The van der Waals surface area contributed by atoms with Crippen molar-refractivity contribution in [3.63, 3.8) is 0 Å². The van der Waals surface area contributed by atoms with Crippen LogP contribution in [0.5, 0.6) is 0 Å². The number of hydrogen-bond donors (Lipinski definition) is 0. The zero-order valence-corrected chi connectivity index (χ0v) is 7.73. The van der Waals surface area contributed by atoms with Gasteiger partial charge in [0.25, 0.3) is 0 Å². The average Bonchev–Trinajstić information content (AvgIpc) is 1.97. The molecule has 0 aromatic carbocycles. The van der Waals surface area contributed by atoms with E-state index in [0.29, 0.717) is 0 Å². The first-order valence-corrected chi connectivity index (χ1v) is 5.13. The van der Waals surface area contributed by atoms with Gasteiger partial charge in [0, 0.05) is 13.7 Å². The molecule has 1 nitrogen and oxygen atoms in total. The molecule has 0 rings (SSSR count). The van der Waals surface area contributed by atoms with Crippen LogP contribution >= 0.6 is 8.58 Å². The molecule has 0 N–H and O–H groups in total. The Labute approximate surface area is 65.6 Å². The molecule has 0 saturated carbocycles. The van der Waals surface area contributed by atoms with Gasteiger partial charge in [0.15, 0.2) is 0 Å². The van der Waals surface area contributed by atoms with E-state index in [1.165, 1.54) is 25.2 Å². The number of allylic oxidation sites excluding steroid dienone is 1. The monoisotopic (exact) mass is 160 g/mol. The highest BCUT2D eigenvalue weighted by Gasteiger charge is 1.86. The molecule has 10 heavy (non-hydrogen) atoms. The van der Waals surface area contributed by atoms with Crippen LogP contribution in [0.15, 0.2) is 12.7 Å². The van der Waals surface area contributed by atoms with Gasteiger partial charge in [-0.05, 0) is 25.2 Å². The molecule has 0 heterocycles. The normalized spacial score (nSPS) is 10.9. The van der Waals surface area contributed by atoms with Crippen molar-refractivity contribution >= 4 is 8.58 Å². The van der Waals surface area contributed by atoms with Crippen molar-refractivity contribution in [1.29, 1.82) is 0 Å². The predicted molar refractivity (Wildman–Crippen MR) is 49.4 cm³/mol. The van der Waals surface area contributed by atoms with Gasteiger partial charge >= 0.3 is 0 Å². The molecule has 0 fully saturated rings. The molecule has 0 aromatic rings. The maximum atomic E-state index is 4.94. The Balaban J connectivity index is 2.70. The number of rotatable bonds is 7. The molecule has 0 saturated heterocycles. The van der Waals surface area contributed by atoms with Crippen molar-refractivity contribution in [2.24, 2.45) is 0 Å². The zero-order chi connectivity index (χ0) is 7.66. The minimum atomic E-state index is 0.923. The lowest BCUT2D eigenvalue weighted by molar-refractivity contribution is 0.218. The zero-order valence-electron chi connectivity index (χ0n) is 6.73. The summed E-state index contributed by atoms with van der Waals surface area (Å²) in [6.07, 6.45) is 7.02. The molecule has 0 aliphatic heterocycles. The molecule has 0 aliphatic carbocycles. The standard InChI is InChI=1S/C8H17OP/c1-3-4-5-7-10-8-6-9-2/h3,10H,1,4-8H2,2H3. The van der Waals surface area contributed by atoms with Crippen molar-refractivity contribution in [1.82, 2.24) is 0 Å². The number of hydrogen-bond acceptors (Lipinski definition) is 1. The fourth-order valence-corrected chi connectivity index (χ4v) is 1.72. The van der Waals surface area contributed by atoms with Crippen molar-refractivity contribution < 1.29 is 4.74 Å². The van der Waals surface area contributed by atoms with Gasteiger partial charge in [0.05, 0.1) is 0 Å². The Morgan fingerprint density at radius 2 is 2.30 bits per heavy atom. The highest BCUT2D eigenvalue weighted by Crippen LogP contribution is 2.11. The summed E-state index contributed by atoms with van der Waals surface area (Å²) >= 11 is 0. The van der Waals surface area contributed by atoms with E-state index in [4.69, 9.17) is 4.74 Å². The Kier molecular flexibility index (Phi) is 9.25. The molecular weight excluding hydrogens is 143 g/mol. The maximum absolute atomic E-state index is 4.94. The SMILES string of the molecule is C=CCCCPCCOC. The second kappa shape index (κ2) is 9.13. The minimum Gasteiger partial charge on any atom is -0.384 e. The molecule has 0 aromatic heterocycles. The van der Waals surface area contributed by atoms with Gasteiger partial charge in [-0.2, -0.15) is 0 Å². The molecule has 0 aliphatic rings. The molecule has 0 amide bonds. The van der Waals surface area contributed by atoms with Crippen molar-refractivity contribution in [2.75, 3.05) is 26.0 Å². The molecule has 0 radical (unpaired) electrons. The summed E-state index contributed by atoms with van der Waals surface area (Å²) in [6.45, 7) is 4.60. The molecular formula is C8H17OP. The summed E-state index contributed by atoms with van der Waals surface area (Å²) in [7, 11) is 2.83. The van der Waals surface area contributed by atoms with E-state index in [-0.39, 0.29) is 0 Å². The number of ether oxygens (including phenoxy) is 1. The van der Waals surface area contributed by atoms with Crippen LogP contribution in [0.4, 0.5) is 0 Å². The quantitative estimate of drug-likeness (QED) is 0.315. The van der Waals surface area contributed by atoms with Gasteiger partial charge in [-0.1, -0.05) is 6.08 Å². The fourth-order valence-electron chi connectivity index (χ4n) is 0.671. The summed E-state index contributed by atoms with van der Waals surface area (Å²) in [6, 6.07) is 0. The van der Waals surface area contributed by atoms with E-state index in [2.05, 4.69) is 6.58 Å². The Hall–Kier alpha value is 0.130. The fraction of sp³-hybridized carbons (Fsp3) is 0.750. The maximum Gasteiger partial charge on any atom is 0.0499 e. The highest BCUT2D eigenvalue weighted by molar-refractivity contribution is 7.37. The summed E-state index contributed by atoms with van der Waals surface area (Å²) in [5, 5.41) is 0. The summed E-state index contributed by atoms with van der Waals surface area (Å²) in [4.78, 5) is 0. The van der Waals surface area contributed by atoms with Gasteiger partial charge < -0.3 is 4.74 Å². The van der Waals surface area contributed by atoms with Crippen molar-refractivity contribution in [2.45, 2.75) is 12.8 Å². The molecule has 60 valence electrons. The van der Waals surface area contributed by atoms with Crippen LogP contribution < -0.4 is 0 Å². The topological polar surface area (TPSA) is 9.23 Å². The summed E-state index contributed by atoms with van der Waals surface area (Å²) in [5.41, 5.74) is 0. The van der Waals surface area contributed by atoms with Gasteiger partial charge in [-0.3, -0.25) is 0 Å². The Morgan fingerprint density at radius 3 is 2.90 bits per heavy atom. The first-order valence-electron chi connectivity index (χ1n) is 3.72. The second-order valence-corrected chi connectivity index (χ2v) is 3.67. The van der Waals surface area contributed by atoms with Crippen LogP contribution in [0.2, 0.25) is 0 Å². The lowest BCUT2D eigenvalue weighted by atomic mass is 10.3. The van der Waals surface area contributed by atoms with E-state index in [1.54, 1.807) is 7.11 Å². The first-order chi connectivity index (χ1) is 4.91. The molecule has 1 unspecified atom stereocenters. The molecule has 0 spiro atoms. The average molecular weight is 160 g/mol. The van der Waals surface area contributed by atoms with E-state index < -0.39 is 0 Å².